The Morgan fingerprint density at radius 1 is 1.19 bits per heavy atom. The normalized spacial score (nSPS) is 13.9. The van der Waals surface area contributed by atoms with Gasteiger partial charge in [-0.05, 0) is 31.9 Å². The Bertz CT molecular complexity index is 1680. The number of amides is 3. The third-order valence-electron chi connectivity index (χ3n) is 6.63. The zero-order valence-corrected chi connectivity index (χ0v) is 22.4. The van der Waals surface area contributed by atoms with Crippen molar-refractivity contribution in [2.75, 3.05) is 17.7 Å². The fourth-order valence-electron chi connectivity index (χ4n) is 4.35. The van der Waals surface area contributed by atoms with E-state index in [1.54, 1.807) is 6.92 Å². The van der Waals surface area contributed by atoms with Crippen LogP contribution in [0.2, 0.25) is 0 Å². The molecule has 4 aromatic heterocycles. The number of anilines is 2. The average molecular weight is 585 g/mol. The van der Waals surface area contributed by atoms with Gasteiger partial charge in [-0.2, -0.15) is 18.2 Å². The molecule has 4 aromatic rings. The molecule has 14 nitrogen and oxygen atoms in total. The summed E-state index contributed by atoms with van der Waals surface area (Å²) >= 11 is 0. The van der Waals surface area contributed by atoms with Gasteiger partial charge in [-0.15, -0.1) is 0 Å². The van der Waals surface area contributed by atoms with Crippen LogP contribution in [-0.4, -0.2) is 64.8 Å². The molecule has 218 valence electrons. The highest BCUT2D eigenvalue weighted by Gasteiger charge is 2.54. The minimum absolute atomic E-state index is 0.0112. The van der Waals surface area contributed by atoms with Crippen LogP contribution < -0.4 is 10.6 Å². The summed E-state index contributed by atoms with van der Waals surface area (Å²) in [6.45, 7) is 2.53. The summed E-state index contributed by atoms with van der Waals surface area (Å²) < 4.78 is 46.5. The number of pyridine rings is 1. The Balaban J connectivity index is 1.41. The molecule has 0 saturated heterocycles. The molecule has 2 N–H and O–H groups in total. The Kier molecular flexibility index (Phi) is 7.17. The second-order valence-corrected chi connectivity index (χ2v) is 9.44. The lowest BCUT2D eigenvalue weighted by atomic mass is 10.1. The Morgan fingerprint density at radius 2 is 1.95 bits per heavy atom. The summed E-state index contributed by atoms with van der Waals surface area (Å²) in [7, 11) is 1.53. The van der Waals surface area contributed by atoms with E-state index in [2.05, 4.69) is 40.7 Å². The molecule has 17 heteroatoms. The van der Waals surface area contributed by atoms with Crippen LogP contribution in [0.15, 0.2) is 35.4 Å². The lowest BCUT2D eigenvalue weighted by molar-refractivity contribution is -0.138. The van der Waals surface area contributed by atoms with Gasteiger partial charge in [-0.3, -0.25) is 24.3 Å². The summed E-state index contributed by atoms with van der Waals surface area (Å²) in [6, 6.07) is 2.27. The molecule has 3 amide bonds. The standard InChI is InChI=1S/C25H23F3N10O4/c1-13-16(25(26,27)28)8-15(9-31-13)20-30-7-4-17(34-20)35-23(41)24(5-6-24)38-11-32-21(29-3)19(38)22(40)37(12-39)10-18-33-14(2)42-36-18/h4,7-9,11-12,29H,5-6,10H2,1-3H3,(H,30,34,35,41). The number of rotatable bonds is 9. The van der Waals surface area contributed by atoms with Crippen molar-refractivity contribution in [2.45, 2.75) is 44.9 Å². The molecule has 1 aliphatic carbocycles. The number of nitrogens with zero attached hydrogens (tertiary/aromatic N) is 8. The van der Waals surface area contributed by atoms with Crippen molar-refractivity contribution >= 4 is 29.9 Å². The van der Waals surface area contributed by atoms with Crippen LogP contribution in [0.5, 0.6) is 0 Å². The molecule has 0 aliphatic heterocycles. The third-order valence-corrected chi connectivity index (χ3v) is 6.63. The maximum absolute atomic E-state index is 13.6. The van der Waals surface area contributed by atoms with Gasteiger partial charge in [0.1, 0.15) is 11.4 Å². The number of aryl methyl sites for hydroxylation is 2. The Labute approximate surface area is 235 Å². The molecule has 42 heavy (non-hydrogen) atoms. The first kappa shape index (κ1) is 28.3. The lowest BCUT2D eigenvalue weighted by Gasteiger charge is -2.21. The fourth-order valence-corrected chi connectivity index (χ4v) is 4.35. The Morgan fingerprint density at radius 3 is 2.57 bits per heavy atom. The largest absolute Gasteiger partial charge is 0.418 e. The Hall–Kier alpha value is -5.22. The number of halogens is 3. The molecular formula is C25H23F3N10O4. The van der Waals surface area contributed by atoms with Crippen LogP contribution >= 0.6 is 0 Å². The van der Waals surface area contributed by atoms with Crippen molar-refractivity contribution in [3.63, 3.8) is 0 Å². The van der Waals surface area contributed by atoms with Crippen molar-refractivity contribution in [3.8, 4) is 11.4 Å². The minimum atomic E-state index is -4.62. The van der Waals surface area contributed by atoms with Gasteiger partial charge >= 0.3 is 6.18 Å². The summed E-state index contributed by atoms with van der Waals surface area (Å²) in [5.74, 6) is -0.874. The van der Waals surface area contributed by atoms with E-state index in [4.69, 9.17) is 4.52 Å². The molecule has 0 spiro atoms. The van der Waals surface area contributed by atoms with Crippen LogP contribution in [0.25, 0.3) is 11.4 Å². The molecule has 0 aromatic carbocycles. The maximum Gasteiger partial charge on any atom is 0.418 e. The van der Waals surface area contributed by atoms with Crippen molar-refractivity contribution in [2.24, 2.45) is 0 Å². The van der Waals surface area contributed by atoms with Crippen molar-refractivity contribution in [1.29, 1.82) is 0 Å². The number of imide groups is 1. The van der Waals surface area contributed by atoms with Gasteiger partial charge in [0, 0.05) is 37.6 Å². The zero-order chi connectivity index (χ0) is 30.2. The molecule has 0 bridgehead atoms. The molecule has 0 unspecified atom stereocenters. The maximum atomic E-state index is 13.6. The summed E-state index contributed by atoms with van der Waals surface area (Å²) in [5.41, 5.74) is -2.40. The number of carbonyl (C=O) groups is 3. The van der Waals surface area contributed by atoms with E-state index in [9.17, 15) is 27.6 Å². The van der Waals surface area contributed by atoms with Crippen molar-refractivity contribution < 1.29 is 32.1 Å². The van der Waals surface area contributed by atoms with Gasteiger partial charge in [0.15, 0.2) is 23.2 Å². The molecule has 1 fully saturated rings. The highest BCUT2D eigenvalue weighted by molar-refractivity contribution is 6.04. The predicted octanol–water partition coefficient (Wildman–Crippen LogP) is 2.72. The molecule has 4 heterocycles. The summed E-state index contributed by atoms with van der Waals surface area (Å²) in [4.78, 5) is 60.0. The van der Waals surface area contributed by atoms with Crippen molar-refractivity contribution in [1.82, 2.24) is 39.5 Å². The first-order chi connectivity index (χ1) is 20.0. The highest BCUT2D eigenvalue weighted by atomic mass is 19.4. The van der Waals surface area contributed by atoms with Gasteiger partial charge in [0.2, 0.25) is 12.3 Å². The topological polar surface area (TPSA) is 174 Å². The fraction of sp³-hybridized carbons (Fsp3) is 0.320. The lowest BCUT2D eigenvalue weighted by Crippen LogP contribution is -2.38. The van der Waals surface area contributed by atoms with E-state index < -0.39 is 29.1 Å². The molecule has 0 radical (unpaired) electrons. The van der Waals surface area contributed by atoms with E-state index in [0.717, 1.165) is 11.0 Å². The third kappa shape index (κ3) is 5.27. The smallest absolute Gasteiger partial charge is 0.371 e. The van der Waals surface area contributed by atoms with Crippen LogP contribution in [0, 0.1) is 13.8 Å². The van der Waals surface area contributed by atoms with Gasteiger partial charge in [0.05, 0.1) is 18.4 Å². The molecule has 1 saturated carbocycles. The number of hydrogen-bond acceptors (Lipinski definition) is 11. The first-order valence-corrected chi connectivity index (χ1v) is 12.5. The quantitative estimate of drug-likeness (QED) is 0.277. The minimum Gasteiger partial charge on any atom is -0.371 e. The van der Waals surface area contributed by atoms with E-state index in [-0.39, 0.29) is 52.7 Å². The zero-order valence-electron chi connectivity index (χ0n) is 22.4. The van der Waals surface area contributed by atoms with Gasteiger partial charge in [-0.1, -0.05) is 5.16 Å². The number of alkyl halides is 3. The van der Waals surface area contributed by atoms with E-state index in [1.165, 1.54) is 43.3 Å². The monoisotopic (exact) mass is 584 g/mol. The predicted molar refractivity (Wildman–Crippen MR) is 138 cm³/mol. The van der Waals surface area contributed by atoms with Gasteiger partial charge < -0.3 is 19.7 Å². The molecule has 1 aliphatic rings. The van der Waals surface area contributed by atoms with E-state index in [1.807, 2.05) is 0 Å². The first-order valence-electron chi connectivity index (χ1n) is 12.5. The second kappa shape index (κ2) is 10.6. The number of imidazole rings is 1. The summed E-state index contributed by atoms with van der Waals surface area (Å²) in [6.07, 6.45) is 0.180. The van der Waals surface area contributed by atoms with E-state index in [0.29, 0.717) is 19.3 Å². The average Bonchev–Trinajstić information content (AvgIpc) is 3.48. The van der Waals surface area contributed by atoms with Gasteiger partial charge in [-0.25, -0.2) is 15.0 Å². The number of nitrogens with one attached hydrogen (secondary N) is 2. The molecule has 0 atom stereocenters. The summed E-state index contributed by atoms with van der Waals surface area (Å²) in [5, 5.41) is 9.16. The number of hydrogen-bond donors (Lipinski definition) is 2. The van der Waals surface area contributed by atoms with Crippen LogP contribution in [0.3, 0.4) is 0 Å². The van der Waals surface area contributed by atoms with Crippen LogP contribution in [0.1, 0.15) is 46.3 Å². The van der Waals surface area contributed by atoms with Crippen molar-refractivity contribution in [3.05, 3.63) is 59.5 Å². The second-order valence-electron chi connectivity index (χ2n) is 9.44. The van der Waals surface area contributed by atoms with Gasteiger partial charge in [0.25, 0.3) is 11.8 Å². The van der Waals surface area contributed by atoms with Crippen LogP contribution in [0.4, 0.5) is 24.8 Å². The van der Waals surface area contributed by atoms with Crippen LogP contribution in [-0.2, 0) is 27.8 Å². The molecular weight excluding hydrogens is 561 g/mol. The molecule has 5 rings (SSSR count). The number of aromatic nitrogens is 7. The highest BCUT2D eigenvalue weighted by Crippen LogP contribution is 2.46. The van der Waals surface area contributed by atoms with E-state index >= 15 is 0 Å². The SMILES string of the molecule is CNc1ncn(C2(C(=O)Nc3ccnc(-c4cnc(C)c(C(F)(F)F)c4)n3)CC2)c1C(=O)N(C=O)Cc1noc(C)n1. The number of carbonyl (C=O) groups excluding carboxylic acids is 3.